The molecule has 0 unspecified atom stereocenters. The second kappa shape index (κ2) is 4.77. The highest BCUT2D eigenvalue weighted by atomic mass is 16.5. The lowest BCUT2D eigenvalue weighted by Gasteiger charge is -2.23. The molecule has 6 heteroatoms. The third-order valence-corrected chi connectivity index (χ3v) is 3.87. The number of nitrogens with zero attached hydrogens (tertiary/aromatic N) is 4. The molecule has 0 aliphatic carbocycles. The molecule has 3 rings (SSSR count). The van der Waals surface area contributed by atoms with Crippen molar-refractivity contribution < 1.29 is 9.32 Å². The molecule has 1 saturated heterocycles. The summed E-state index contributed by atoms with van der Waals surface area (Å²) in [5.74, 6) is 0.779. The number of aromatic nitrogens is 3. The van der Waals surface area contributed by atoms with E-state index in [0.717, 1.165) is 36.4 Å². The van der Waals surface area contributed by atoms with Crippen molar-refractivity contribution >= 4 is 5.91 Å². The van der Waals surface area contributed by atoms with E-state index in [-0.39, 0.29) is 11.9 Å². The van der Waals surface area contributed by atoms with E-state index in [9.17, 15) is 4.79 Å². The monoisotopic (exact) mass is 274 g/mol. The molecule has 6 nitrogen and oxygen atoms in total. The van der Waals surface area contributed by atoms with Crippen LogP contribution in [0.15, 0.2) is 16.8 Å². The molecule has 0 N–H and O–H groups in total. The lowest BCUT2D eigenvalue weighted by atomic mass is 10.0. The summed E-state index contributed by atoms with van der Waals surface area (Å²) < 4.78 is 6.88. The van der Waals surface area contributed by atoms with Gasteiger partial charge in [0.05, 0.1) is 11.7 Å². The zero-order valence-electron chi connectivity index (χ0n) is 12.0. The second-order valence-corrected chi connectivity index (χ2v) is 5.27. The van der Waals surface area contributed by atoms with Gasteiger partial charge in [0.15, 0.2) is 0 Å². The fourth-order valence-electron chi connectivity index (χ4n) is 2.95. The smallest absolute Gasteiger partial charge is 0.274 e. The Morgan fingerprint density at radius 2 is 2.25 bits per heavy atom. The normalized spacial score (nSPS) is 18.8. The van der Waals surface area contributed by atoms with Crippen LogP contribution >= 0.6 is 0 Å². The Balaban J connectivity index is 1.91. The van der Waals surface area contributed by atoms with E-state index in [1.807, 2.05) is 25.8 Å². The first-order valence-corrected chi connectivity index (χ1v) is 6.81. The lowest BCUT2D eigenvalue weighted by Crippen LogP contribution is -2.31. The van der Waals surface area contributed by atoms with Gasteiger partial charge in [0.1, 0.15) is 11.5 Å². The first-order valence-electron chi connectivity index (χ1n) is 6.81. The Bertz CT molecular complexity index is 624. The second-order valence-electron chi connectivity index (χ2n) is 5.27. The maximum absolute atomic E-state index is 12.6. The van der Waals surface area contributed by atoms with Crippen LogP contribution in [0.3, 0.4) is 0 Å². The van der Waals surface area contributed by atoms with E-state index < -0.39 is 0 Å². The fraction of sp³-hybridized carbons (Fsp3) is 0.500. The Hall–Kier alpha value is -2.11. The highest BCUT2D eigenvalue weighted by Gasteiger charge is 2.34. The van der Waals surface area contributed by atoms with Crippen molar-refractivity contribution in [2.45, 2.75) is 32.7 Å². The summed E-state index contributed by atoms with van der Waals surface area (Å²) in [6.45, 7) is 4.58. The molecule has 0 aromatic carbocycles. The molecule has 106 valence electrons. The molecular weight excluding hydrogens is 256 g/mol. The van der Waals surface area contributed by atoms with E-state index in [1.165, 1.54) is 0 Å². The minimum atomic E-state index is -0.0203. The molecular formula is C14H18N4O2. The molecule has 2 aromatic rings. The van der Waals surface area contributed by atoms with E-state index in [1.54, 1.807) is 16.9 Å². The lowest BCUT2D eigenvalue weighted by molar-refractivity contribution is 0.0728. The SMILES string of the molecule is Cc1noc(C)c1[C@@H]1CCCN1C(=O)c1ccn(C)n1. The van der Waals surface area contributed by atoms with Crippen molar-refractivity contribution in [1.29, 1.82) is 0 Å². The van der Waals surface area contributed by atoms with Gasteiger partial charge in [0.2, 0.25) is 0 Å². The largest absolute Gasteiger partial charge is 0.361 e. The molecule has 1 aliphatic heterocycles. The van der Waals surface area contributed by atoms with Crippen LogP contribution in [0.2, 0.25) is 0 Å². The minimum absolute atomic E-state index is 0.0203. The average Bonchev–Trinajstić information content (AvgIpc) is 3.10. The number of carbonyl (C=O) groups excluding carboxylic acids is 1. The van der Waals surface area contributed by atoms with Crippen LogP contribution in [-0.2, 0) is 7.05 Å². The number of aryl methyl sites for hydroxylation is 3. The molecule has 2 aromatic heterocycles. The molecule has 0 spiro atoms. The first kappa shape index (κ1) is 12.9. The van der Waals surface area contributed by atoms with Crippen molar-refractivity contribution in [2.75, 3.05) is 6.54 Å². The molecule has 1 fully saturated rings. The minimum Gasteiger partial charge on any atom is -0.361 e. The van der Waals surface area contributed by atoms with Gasteiger partial charge >= 0.3 is 0 Å². The summed E-state index contributed by atoms with van der Waals surface area (Å²) in [4.78, 5) is 14.5. The van der Waals surface area contributed by atoms with Crippen molar-refractivity contribution in [3.05, 3.63) is 35.0 Å². The Labute approximate surface area is 117 Å². The summed E-state index contributed by atoms with van der Waals surface area (Å²) in [6, 6.07) is 1.81. The van der Waals surface area contributed by atoms with Crippen LogP contribution in [0.5, 0.6) is 0 Å². The third kappa shape index (κ3) is 2.01. The number of amides is 1. The summed E-state index contributed by atoms with van der Waals surface area (Å²) in [5.41, 5.74) is 2.41. The maximum Gasteiger partial charge on any atom is 0.274 e. The highest BCUT2D eigenvalue weighted by molar-refractivity contribution is 5.92. The molecule has 0 radical (unpaired) electrons. The predicted octanol–water partition coefficient (Wildman–Crippen LogP) is 2.00. The Morgan fingerprint density at radius 1 is 1.45 bits per heavy atom. The molecule has 1 amide bonds. The van der Waals surface area contributed by atoms with Gasteiger partial charge in [-0.1, -0.05) is 5.16 Å². The predicted molar refractivity (Wildman–Crippen MR) is 72.2 cm³/mol. The highest BCUT2D eigenvalue weighted by Crippen LogP contribution is 2.36. The number of hydrogen-bond donors (Lipinski definition) is 0. The molecule has 1 atom stereocenters. The van der Waals surface area contributed by atoms with Crippen LogP contribution in [0.4, 0.5) is 0 Å². The van der Waals surface area contributed by atoms with Crippen LogP contribution in [0.1, 0.15) is 46.4 Å². The van der Waals surface area contributed by atoms with Crippen LogP contribution < -0.4 is 0 Å². The Morgan fingerprint density at radius 3 is 2.85 bits per heavy atom. The summed E-state index contributed by atoms with van der Waals surface area (Å²) >= 11 is 0. The van der Waals surface area contributed by atoms with E-state index >= 15 is 0 Å². The van der Waals surface area contributed by atoms with E-state index in [0.29, 0.717) is 5.69 Å². The van der Waals surface area contributed by atoms with Crippen LogP contribution in [0.25, 0.3) is 0 Å². The van der Waals surface area contributed by atoms with Gasteiger partial charge in [-0.2, -0.15) is 5.10 Å². The molecule has 3 heterocycles. The van der Waals surface area contributed by atoms with Crippen molar-refractivity contribution in [3.8, 4) is 0 Å². The number of hydrogen-bond acceptors (Lipinski definition) is 4. The summed E-state index contributed by atoms with van der Waals surface area (Å²) in [7, 11) is 1.81. The van der Waals surface area contributed by atoms with Gasteiger partial charge < -0.3 is 9.42 Å². The van der Waals surface area contributed by atoms with E-state index in [4.69, 9.17) is 4.52 Å². The van der Waals surface area contributed by atoms with Crippen molar-refractivity contribution in [2.24, 2.45) is 7.05 Å². The van der Waals surface area contributed by atoms with Crippen LogP contribution in [0, 0.1) is 13.8 Å². The number of carbonyl (C=O) groups is 1. The maximum atomic E-state index is 12.6. The zero-order chi connectivity index (χ0) is 14.3. The van der Waals surface area contributed by atoms with Crippen molar-refractivity contribution in [3.63, 3.8) is 0 Å². The summed E-state index contributed by atoms with van der Waals surface area (Å²) in [5, 5.41) is 8.20. The first-order chi connectivity index (χ1) is 9.58. The van der Waals surface area contributed by atoms with Gasteiger partial charge in [-0.15, -0.1) is 0 Å². The van der Waals surface area contributed by atoms with Gasteiger partial charge in [-0.05, 0) is 32.8 Å². The average molecular weight is 274 g/mol. The molecule has 0 saturated carbocycles. The quantitative estimate of drug-likeness (QED) is 0.840. The van der Waals surface area contributed by atoms with Gasteiger partial charge in [0.25, 0.3) is 5.91 Å². The number of likely N-dealkylation sites (tertiary alicyclic amines) is 1. The number of rotatable bonds is 2. The zero-order valence-corrected chi connectivity index (χ0v) is 12.0. The Kier molecular flexibility index (Phi) is 3.08. The fourth-order valence-corrected chi connectivity index (χ4v) is 2.95. The van der Waals surface area contributed by atoms with Gasteiger partial charge in [-0.25, -0.2) is 0 Å². The van der Waals surface area contributed by atoms with Crippen molar-refractivity contribution in [1.82, 2.24) is 19.8 Å². The molecule has 20 heavy (non-hydrogen) atoms. The summed E-state index contributed by atoms with van der Waals surface area (Å²) in [6.07, 6.45) is 3.73. The molecule has 1 aliphatic rings. The topological polar surface area (TPSA) is 64.2 Å². The van der Waals surface area contributed by atoms with E-state index in [2.05, 4.69) is 10.3 Å². The standard InChI is InChI=1S/C14H18N4O2/c1-9-13(10(2)20-16-9)12-5-4-7-18(12)14(19)11-6-8-17(3)15-11/h6,8,12H,4-5,7H2,1-3H3/t12-/m0/s1. The molecule has 0 bridgehead atoms. The van der Waals surface area contributed by atoms with Gasteiger partial charge in [0, 0.05) is 25.4 Å². The third-order valence-electron chi connectivity index (χ3n) is 3.87. The van der Waals surface area contributed by atoms with Gasteiger partial charge in [-0.3, -0.25) is 9.48 Å². The van der Waals surface area contributed by atoms with Crippen LogP contribution in [-0.4, -0.2) is 32.3 Å².